The molecule has 0 saturated carbocycles. The molecule has 0 aromatic heterocycles. The summed E-state index contributed by atoms with van der Waals surface area (Å²) in [5.74, 6) is 0. The third-order valence-electron chi connectivity index (χ3n) is 3.13. The first kappa shape index (κ1) is 16.0. The van der Waals surface area contributed by atoms with Gasteiger partial charge in [0.2, 0.25) is 0 Å². The van der Waals surface area contributed by atoms with Gasteiger partial charge in [0.25, 0.3) is 10.2 Å². The van der Waals surface area contributed by atoms with Gasteiger partial charge in [0.1, 0.15) is 0 Å². The minimum atomic E-state index is -3.43. The quantitative estimate of drug-likeness (QED) is 0.848. The van der Waals surface area contributed by atoms with Gasteiger partial charge in [-0.15, -0.1) is 0 Å². The van der Waals surface area contributed by atoms with Crippen molar-refractivity contribution in [3.8, 4) is 0 Å². The SMILES string of the molecule is CN(C)S(=O)(=O)N1CCOC(c2ccc(Cl)c(Cl)c2)C1. The fourth-order valence-corrected chi connectivity index (χ4v) is 3.38. The molecule has 1 saturated heterocycles. The predicted octanol–water partition coefficient (Wildman–Crippen LogP) is 2.17. The Morgan fingerprint density at radius 2 is 2.00 bits per heavy atom. The van der Waals surface area contributed by atoms with E-state index in [4.69, 9.17) is 27.9 Å². The molecule has 2 rings (SSSR count). The normalized spacial score (nSPS) is 21.4. The molecule has 112 valence electrons. The van der Waals surface area contributed by atoms with Crippen LogP contribution in [0.15, 0.2) is 18.2 Å². The van der Waals surface area contributed by atoms with Crippen LogP contribution >= 0.6 is 23.2 Å². The number of morpholine rings is 1. The topological polar surface area (TPSA) is 49.9 Å². The van der Waals surface area contributed by atoms with Gasteiger partial charge in [-0.05, 0) is 17.7 Å². The van der Waals surface area contributed by atoms with Gasteiger partial charge in [0.15, 0.2) is 0 Å². The summed E-state index contributed by atoms with van der Waals surface area (Å²) in [4.78, 5) is 0. The Hall–Kier alpha value is -0.370. The lowest BCUT2D eigenvalue weighted by atomic mass is 10.1. The zero-order valence-electron chi connectivity index (χ0n) is 11.2. The first-order chi connectivity index (χ1) is 9.32. The third-order valence-corrected chi connectivity index (χ3v) is 5.78. The van der Waals surface area contributed by atoms with E-state index in [1.54, 1.807) is 18.2 Å². The number of ether oxygens (including phenoxy) is 1. The molecule has 1 aliphatic rings. The summed E-state index contributed by atoms with van der Waals surface area (Å²) in [6, 6.07) is 5.19. The Kier molecular flexibility index (Phi) is 4.94. The lowest BCUT2D eigenvalue weighted by Crippen LogP contribution is -2.47. The molecule has 1 heterocycles. The molecular weight excluding hydrogens is 323 g/mol. The van der Waals surface area contributed by atoms with E-state index in [-0.39, 0.29) is 12.6 Å². The van der Waals surface area contributed by atoms with E-state index in [1.807, 2.05) is 0 Å². The van der Waals surface area contributed by atoms with Crippen LogP contribution in [0, 0.1) is 0 Å². The van der Waals surface area contributed by atoms with Crippen molar-refractivity contribution in [2.24, 2.45) is 0 Å². The minimum Gasteiger partial charge on any atom is -0.371 e. The van der Waals surface area contributed by atoms with Gasteiger partial charge >= 0.3 is 0 Å². The fourth-order valence-electron chi connectivity index (χ4n) is 1.98. The van der Waals surface area contributed by atoms with E-state index >= 15 is 0 Å². The lowest BCUT2D eigenvalue weighted by Gasteiger charge is -2.33. The first-order valence-corrected chi connectivity index (χ1v) is 8.22. The summed E-state index contributed by atoms with van der Waals surface area (Å²) in [5.41, 5.74) is 0.818. The standard InChI is InChI=1S/C12H16Cl2N2O3S/c1-15(2)20(17,18)16-5-6-19-12(8-16)9-3-4-10(13)11(14)7-9/h3-4,7,12H,5-6,8H2,1-2H3. The van der Waals surface area contributed by atoms with Crippen molar-refractivity contribution in [3.05, 3.63) is 33.8 Å². The van der Waals surface area contributed by atoms with E-state index in [0.29, 0.717) is 23.2 Å². The van der Waals surface area contributed by atoms with E-state index in [9.17, 15) is 8.42 Å². The molecule has 5 nitrogen and oxygen atoms in total. The van der Waals surface area contributed by atoms with Crippen LogP contribution in [0.1, 0.15) is 11.7 Å². The molecule has 1 unspecified atom stereocenters. The molecule has 0 spiro atoms. The van der Waals surface area contributed by atoms with Crippen LogP contribution in [-0.2, 0) is 14.9 Å². The second-order valence-electron chi connectivity index (χ2n) is 4.68. The Morgan fingerprint density at radius 1 is 1.30 bits per heavy atom. The Labute approximate surface area is 129 Å². The molecule has 1 aromatic rings. The van der Waals surface area contributed by atoms with Crippen LogP contribution in [0.5, 0.6) is 0 Å². The van der Waals surface area contributed by atoms with Crippen molar-refractivity contribution < 1.29 is 13.2 Å². The van der Waals surface area contributed by atoms with Crippen LogP contribution in [0.4, 0.5) is 0 Å². The fraction of sp³-hybridized carbons (Fsp3) is 0.500. The average molecular weight is 339 g/mol. The average Bonchev–Trinajstić information content (AvgIpc) is 2.42. The lowest BCUT2D eigenvalue weighted by molar-refractivity contribution is -0.00386. The highest BCUT2D eigenvalue weighted by molar-refractivity contribution is 7.86. The van der Waals surface area contributed by atoms with Crippen molar-refractivity contribution in [2.45, 2.75) is 6.10 Å². The molecular formula is C12H16Cl2N2O3S. The summed E-state index contributed by atoms with van der Waals surface area (Å²) in [6.07, 6.45) is -0.340. The molecule has 1 aromatic carbocycles. The van der Waals surface area contributed by atoms with Crippen molar-refractivity contribution in [1.82, 2.24) is 8.61 Å². The van der Waals surface area contributed by atoms with Crippen LogP contribution in [0.25, 0.3) is 0 Å². The number of hydrogen-bond donors (Lipinski definition) is 0. The maximum Gasteiger partial charge on any atom is 0.281 e. The summed E-state index contributed by atoms with van der Waals surface area (Å²) in [7, 11) is -0.406. The zero-order valence-corrected chi connectivity index (χ0v) is 13.5. The molecule has 0 radical (unpaired) electrons. The Balaban J connectivity index is 2.20. The largest absolute Gasteiger partial charge is 0.371 e. The number of rotatable bonds is 3. The van der Waals surface area contributed by atoms with Crippen LogP contribution < -0.4 is 0 Å². The molecule has 0 bridgehead atoms. The Morgan fingerprint density at radius 3 is 2.60 bits per heavy atom. The van der Waals surface area contributed by atoms with Crippen molar-refractivity contribution in [2.75, 3.05) is 33.8 Å². The molecule has 8 heteroatoms. The van der Waals surface area contributed by atoms with Crippen molar-refractivity contribution in [1.29, 1.82) is 0 Å². The second-order valence-corrected chi connectivity index (χ2v) is 7.64. The molecule has 0 aliphatic carbocycles. The first-order valence-electron chi connectivity index (χ1n) is 6.06. The van der Waals surface area contributed by atoms with Gasteiger partial charge in [-0.1, -0.05) is 29.3 Å². The predicted molar refractivity (Wildman–Crippen MR) is 79.3 cm³/mol. The van der Waals surface area contributed by atoms with Crippen LogP contribution in [-0.4, -0.2) is 50.8 Å². The summed E-state index contributed by atoms with van der Waals surface area (Å²) >= 11 is 11.9. The van der Waals surface area contributed by atoms with Crippen LogP contribution in [0.2, 0.25) is 10.0 Å². The Bertz CT molecular complexity index is 592. The smallest absolute Gasteiger partial charge is 0.281 e. The summed E-state index contributed by atoms with van der Waals surface area (Å²) in [6.45, 7) is 0.953. The van der Waals surface area contributed by atoms with Crippen LogP contribution in [0.3, 0.4) is 0 Å². The van der Waals surface area contributed by atoms with Gasteiger partial charge in [-0.25, -0.2) is 0 Å². The van der Waals surface area contributed by atoms with Crippen molar-refractivity contribution in [3.63, 3.8) is 0 Å². The second kappa shape index (κ2) is 6.17. The van der Waals surface area contributed by atoms with E-state index < -0.39 is 10.2 Å². The summed E-state index contributed by atoms with van der Waals surface area (Å²) in [5, 5.41) is 0.893. The summed E-state index contributed by atoms with van der Waals surface area (Å²) < 4.78 is 32.5. The molecule has 0 amide bonds. The van der Waals surface area contributed by atoms with Gasteiger partial charge in [-0.2, -0.15) is 17.0 Å². The number of halogens is 2. The maximum absolute atomic E-state index is 12.1. The van der Waals surface area contributed by atoms with Gasteiger partial charge in [0.05, 0.1) is 22.8 Å². The van der Waals surface area contributed by atoms with Crippen molar-refractivity contribution >= 4 is 33.4 Å². The molecule has 20 heavy (non-hydrogen) atoms. The van der Waals surface area contributed by atoms with E-state index in [2.05, 4.69) is 0 Å². The highest BCUT2D eigenvalue weighted by Crippen LogP contribution is 2.29. The highest BCUT2D eigenvalue weighted by Gasteiger charge is 2.31. The van der Waals surface area contributed by atoms with Gasteiger partial charge in [-0.3, -0.25) is 0 Å². The molecule has 1 aliphatic heterocycles. The maximum atomic E-state index is 12.1. The number of hydrogen-bond acceptors (Lipinski definition) is 3. The molecule has 0 N–H and O–H groups in total. The zero-order chi connectivity index (χ0) is 14.9. The van der Waals surface area contributed by atoms with Gasteiger partial charge in [0, 0.05) is 27.2 Å². The van der Waals surface area contributed by atoms with E-state index in [1.165, 1.54) is 22.7 Å². The highest BCUT2D eigenvalue weighted by atomic mass is 35.5. The minimum absolute atomic E-state index is 0.262. The monoisotopic (exact) mass is 338 g/mol. The molecule has 1 atom stereocenters. The third kappa shape index (κ3) is 3.27. The van der Waals surface area contributed by atoms with Gasteiger partial charge < -0.3 is 4.74 Å². The van der Waals surface area contributed by atoms with E-state index in [0.717, 1.165) is 5.56 Å². The number of benzene rings is 1. The molecule has 1 fully saturated rings. The number of nitrogens with zero attached hydrogens (tertiary/aromatic N) is 2.